The van der Waals surface area contributed by atoms with E-state index in [4.69, 9.17) is 16.0 Å². The van der Waals surface area contributed by atoms with Crippen molar-refractivity contribution in [2.45, 2.75) is 6.42 Å². The molecule has 122 valence electrons. The van der Waals surface area contributed by atoms with E-state index in [1.807, 2.05) is 18.2 Å². The van der Waals surface area contributed by atoms with Crippen LogP contribution in [0, 0.1) is 5.92 Å². The number of nitrogens with one attached hydrogen (secondary N) is 1. The van der Waals surface area contributed by atoms with Crippen molar-refractivity contribution in [3.05, 3.63) is 47.2 Å². The van der Waals surface area contributed by atoms with Gasteiger partial charge < -0.3 is 9.73 Å². The van der Waals surface area contributed by atoms with Crippen molar-refractivity contribution in [1.29, 1.82) is 0 Å². The second-order valence-electron chi connectivity index (χ2n) is 5.62. The van der Waals surface area contributed by atoms with Gasteiger partial charge in [-0.3, -0.25) is 4.79 Å². The molecule has 1 atom stereocenters. The number of hydrogen-bond donors (Lipinski definition) is 1. The third kappa shape index (κ3) is 3.76. The maximum absolute atomic E-state index is 12.1. The summed E-state index contributed by atoms with van der Waals surface area (Å²) < 4.78 is 28.4. The lowest BCUT2D eigenvalue weighted by Crippen LogP contribution is -2.29. The predicted molar refractivity (Wildman–Crippen MR) is 88.2 cm³/mol. The Hall–Kier alpha value is -1.79. The van der Waals surface area contributed by atoms with Crippen molar-refractivity contribution in [3.8, 4) is 11.3 Å². The summed E-state index contributed by atoms with van der Waals surface area (Å²) in [5.41, 5.74) is 0.718. The molecule has 2 heterocycles. The van der Waals surface area contributed by atoms with Crippen LogP contribution in [0.5, 0.6) is 0 Å². The Kier molecular flexibility index (Phi) is 4.46. The van der Waals surface area contributed by atoms with Crippen molar-refractivity contribution in [2.24, 2.45) is 5.92 Å². The fourth-order valence-electron chi connectivity index (χ4n) is 2.62. The molecule has 7 heteroatoms. The molecule has 0 bridgehead atoms. The molecule has 1 fully saturated rings. The largest absolute Gasteiger partial charge is 0.451 e. The Morgan fingerprint density at radius 3 is 2.74 bits per heavy atom. The Balaban J connectivity index is 1.64. The van der Waals surface area contributed by atoms with Gasteiger partial charge in [-0.15, -0.1) is 0 Å². The average Bonchev–Trinajstić information content (AvgIpc) is 3.12. The van der Waals surface area contributed by atoms with Crippen molar-refractivity contribution >= 4 is 27.3 Å². The number of halogens is 1. The van der Waals surface area contributed by atoms with Gasteiger partial charge in [0.2, 0.25) is 0 Å². The highest BCUT2D eigenvalue weighted by atomic mass is 35.5. The number of rotatable bonds is 4. The molecular weight excluding hydrogens is 338 g/mol. The van der Waals surface area contributed by atoms with Crippen molar-refractivity contribution < 1.29 is 17.6 Å². The molecule has 23 heavy (non-hydrogen) atoms. The highest BCUT2D eigenvalue weighted by molar-refractivity contribution is 7.91. The maximum Gasteiger partial charge on any atom is 0.287 e. The molecule has 1 aliphatic rings. The van der Waals surface area contributed by atoms with Crippen LogP contribution >= 0.6 is 11.6 Å². The minimum atomic E-state index is -2.93. The summed E-state index contributed by atoms with van der Waals surface area (Å²) >= 11 is 6.10. The molecule has 5 nitrogen and oxygen atoms in total. The average molecular weight is 354 g/mol. The van der Waals surface area contributed by atoms with Gasteiger partial charge in [-0.2, -0.15) is 0 Å². The number of amides is 1. The summed E-state index contributed by atoms with van der Waals surface area (Å²) in [5, 5.41) is 3.27. The highest BCUT2D eigenvalue weighted by Crippen LogP contribution is 2.29. The van der Waals surface area contributed by atoms with Gasteiger partial charge in [0.1, 0.15) is 5.76 Å². The summed E-state index contributed by atoms with van der Waals surface area (Å²) in [6.07, 6.45) is 0.589. The molecule has 1 N–H and O–H groups in total. The minimum absolute atomic E-state index is 0.0260. The van der Waals surface area contributed by atoms with Gasteiger partial charge in [0, 0.05) is 12.1 Å². The van der Waals surface area contributed by atoms with Crippen LogP contribution in [-0.2, 0) is 9.84 Å². The topological polar surface area (TPSA) is 76.4 Å². The molecule has 3 rings (SSSR count). The first-order chi connectivity index (χ1) is 10.9. The quantitative estimate of drug-likeness (QED) is 0.916. The predicted octanol–water partition coefficient (Wildman–Crippen LogP) is 2.76. The van der Waals surface area contributed by atoms with Gasteiger partial charge in [0.15, 0.2) is 15.6 Å². The van der Waals surface area contributed by atoms with E-state index in [0.717, 1.165) is 5.56 Å². The van der Waals surface area contributed by atoms with Gasteiger partial charge in [-0.25, -0.2) is 8.42 Å². The monoisotopic (exact) mass is 353 g/mol. The Morgan fingerprint density at radius 1 is 1.26 bits per heavy atom. The second kappa shape index (κ2) is 6.37. The third-order valence-corrected chi connectivity index (χ3v) is 6.01. The van der Waals surface area contributed by atoms with Crippen molar-refractivity contribution in [3.63, 3.8) is 0 Å². The van der Waals surface area contributed by atoms with E-state index < -0.39 is 9.84 Å². The first-order valence-corrected chi connectivity index (χ1v) is 9.48. The lowest BCUT2D eigenvalue weighted by atomic mass is 10.1. The van der Waals surface area contributed by atoms with Gasteiger partial charge in [-0.05, 0) is 36.6 Å². The van der Waals surface area contributed by atoms with E-state index in [2.05, 4.69) is 5.32 Å². The molecule has 0 aliphatic carbocycles. The van der Waals surface area contributed by atoms with Crippen LogP contribution in [0.1, 0.15) is 17.0 Å². The number of hydrogen-bond acceptors (Lipinski definition) is 4. The Labute approximate surface area is 139 Å². The molecule has 0 saturated carbocycles. The maximum atomic E-state index is 12.1. The van der Waals surface area contributed by atoms with Crippen LogP contribution in [0.2, 0.25) is 5.02 Å². The number of benzene rings is 1. The summed E-state index contributed by atoms with van der Waals surface area (Å²) in [4.78, 5) is 12.1. The lowest BCUT2D eigenvalue weighted by Gasteiger charge is -2.08. The van der Waals surface area contributed by atoms with Crippen LogP contribution < -0.4 is 5.32 Å². The normalized spacial score (nSPS) is 19.6. The smallest absolute Gasteiger partial charge is 0.287 e. The van der Waals surface area contributed by atoms with Crippen molar-refractivity contribution in [2.75, 3.05) is 18.1 Å². The van der Waals surface area contributed by atoms with E-state index in [1.165, 1.54) is 0 Å². The molecule has 1 aliphatic heterocycles. The van der Waals surface area contributed by atoms with Crippen LogP contribution in [0.4, 0.5) is 0 Å². The summed E-state index contributed by atoms with van der Waals surface area (Å²) in [6, 6.07) is 10.5. The van der Waals surface area contributed by atoms with Crippen LogP contribution in [-0.4, -0.2) is 32.4 Å². The first kappa shape index (κ1) is 16.1. The summed E-state index contributed by atoms with van der Waals surface area (Å²) in [5.74, 6) is 0.654. The number of carbonyl (C=O) groups excluding carboxylic acids is 1. The standard InChI is InChI=1S/C16H16ClNO4S/c17-13-4-2-1-3-12(13)14-5-6-15(22-14)16(19)18-9-11-7-8-23(20,21)10-11/h1-6,11H,7-10H2,(H,18,19)/t11-/m0/s1. The zero-order valence-corrected chi connectivity index (χ0v) is 13.9. The van der Waals surface area contributed by atoms with Gasteiger partial charge >= 0.3 is 0 Å². The van der Waals surface area contributed by atoms with Crippen LogP contribution in [0.15, 0.2) is 40.8 Å². The molecule has 1 aromatic carbocycles. The van der Waals surface area contributed by atoms with E-state index in [9.17, 15) is 13.2 Å². The molecule has 1 amide bonds. The Bertz CT molecular complexity index is 828. The fourth-order valence-corrected chi connectivity index (χ4v) is 4.71. The van der Waals surface area contributed by atoms with Crippen molar-refractivity contribution in [1.82, 2.24) is 5.32 Å². The summed E-state index contributed by atoms with van der Waals surface area (Å²) in [7, 11) is -2.93. The van der Waals surface area contributed by atoms with Gasteiger partial charge in [0.25, 0.3) is 5.91 Å². The van der Waals surface area contributed by atoms with Gasteiger partial charge in [0.05, 0.1) is 16.5 Å². The summed E-state index contributed by atoms with van der Waals surface area (Å²) in [6.45, 7) is 0.334. The number of furan rings is 1. The van der Waals surface area contributed by atoms with Crippen LogP contribution in [0.3, 0.4) is 0 Å². The molecule has 1 aromatic heterocycles. The zero-order chi connectivity index (χ0) is 16.4. The van der Waals surface area contributed by atoms with E-state index >= 15 is 0 Å². The van der Waals surface area contributed by atoms with Crippen LogP contribution in [0.25, 0.3) is 11.3 Å². The number of sulfone groups is 1. The first-order valence-electron chi connectivity index (χ1n) is 7.28. The molecule has 0 unspecified atom stereocenters. The number of carbonyl (C=O) groups is 1. The molecular formula is C16H16ClNO4S. The lowest BCUT2D eigenvalue weighted by molar-refractivity contribution is 0.0921. The second-order valence-corrected chi connectivity index (χ2v) is 8.26. The third-order valence-electron chi connectivity index (χ3n) is 3.85. The molecule has 0 radical (unpaired) electrons. The molecule has 2 aromatic rings. The minimum Gasteiger partial charge on any atom is -0.451 e. The highest BCUT2D eigenvalue weighted by Gasteiger charge is 2.28. The molecule has 0 spiro atoms. The van der Waals surface area contributed by atoms with E-state index in [1.54, 1.807) is 18.2 Å². The Morgan fingerprint density at radius 2 is 2.04 bits per heavy atom. The molecule has 1 saturated heterocycles. The van der Waals surface area contributed by atoms with E-state index in [0.29, 0.717) is 23.7 Å². The van der Waals surface area contributed by atoms with E-state index in [-0.39, 0.29) is 29.1 Å². The zero-order valence-electron chi connectivity index (χ0n) is 12.3. The SMILES string of the molecule is O=C(NC[C@@H]1CCS(=O)(=O)C1)c1ccc(-c2ccccc2Cl)o1. The van der Waals surface area contributed by atoms with Gasteiger partial charge in [-0.1, -0.05) is 23.7 Å². The fraction of sp³-hybridized carbons (Fsp3) is 0.312.